The molecule has 0 bridgehead atoms. The average molecular weight is 619 g/mol. The van der Waals surface area contributed by atoms with Crippen LogP contribution in [0.5, 0.6) is 0 Å². The Kier molecular flexibility index (Phi) is 7.22. The summed E-state index contributed by atoms with van der Waals surface area (Å²) in [4.78, 5) is 2.38. The maximum atomic E-state index is 3.78. The van der Waals surface area contributed by atoms with Crippen molar-refractivity contribution < 1.29 is 0 Å². The second kappa shape index (κ2) is 11.7. The molecule has 8 rings (SSSR count). The summed E-state index contributed by atoms with van der Waals surface area (Å²) in [6.45, 7) is 10.6. The van der Waals surface area contributed by atoms with Gasteiger partial charge < -0.3 is 9.47 Å². The van der Waals surface area contributed by atoms with E-state index in [9.17, 15) is 0 Å². The SMILES string of the molecule is C=C/C=C\C=C(/C)c1ccc(N(c2ccc(-n3c4ccccc4c4ccccc43)cc2)c2ccc3c(c2)C(C)(C)c2ccccc2-3)cc1. The van der Waals surface area contributed by atoms with Gasteiger partial charge in [0.05, 0.1) is 11.0 Å². The number of nitrogens with zero attached hydrogens (tertiary/aromatic N) is 2. The van der Waals surface area contributed by atoms with E-state index in [0.29, 0.717) is 0 Å². The zero-order valence-corrected chi connectivity index (χ0v) is 27.7. The Morgan fingerprint density at radius 1 is 0.604 bits per heavy atom. The minimum Gasteiger partial charge on any atom is -0.310 e. The van der Waals surface area contributed by atoms with Crippen LogP contribution < -0.4 is 4.90 Å². The molecule has 6 aromatic carbocycles. The Bertz CT molecular complexity index is 2330. The lowest BCUT2D eigenvalue weighted by Crippen LogP contribution is -2.16. The van der Waals surface area contributed by atoms with Crippen molar-refractivity contribution in [2.24, 2.45) is 0 Å². The molecule has 1 aliphatic carbocycles. The summed E-state index contributed by atoms with van der Waals surface area (Å²) in [6.07, 6.45) is 7.91. The van der Waals surface area contributed by atoms with Gasteiger partial charge >= 0.3 is 0 Å². The third kappa shape index (κ3) is 4.80. The average Bonchev–Trinajstić information content (AvgIpc) is 3.58. The van der Waals surface area contributed by atoms with Crippen LogP contribution in [0, 0.1) is 0 Å². The fraction of sp³-hybridized carbons (Fsp3) is 0.0870. The number of benzene rings is 6. The van der Waals surface area contributed by atoms with Crippen LogP contribution in [0.4, 0.5) is 17.1 Å². The minimum absolute atomic E-state index is 0.0846. The van der Waals surface area contributed by atoms with Crippen molar-refractivity contribution in [3.63, 3.8) is 0 Å². The third-order valence-electron chi connectivity index (χ3n) is 9.95. The molecule has 1 heterocycles. The van der Waals surface area contributed by atoms with E-state index in [4.69, 9.17) is 0 Å². The van der Waals surface area contributed by atoms with E-state index in [0.717, 1.165) is 22.7 Å². The number of fused-ring (bicyclic) bond motifs is 6. The summed E-state index contributed by atoms with van der Waals surface area (Å²) >= 11 is 0. The standard InChI is InChI=1S/C46H38N2/c1-5-6-7-14-32(2)33-21-23-34(24-22-33)47(37-29-30-39-38-15-8-11-18-42(38)46(3,4)43(39)31-37)35-25-27-36(28-26-35)48-44-19-12-9-16-40(44)41-17-10-13-20-45(41)48/h5-31H,1H2,2-4H3/b7-6-,32-14+. The second-order valence-electron chi connectivity index (χ2n) is 13.1. The highest BCUT2D eigenvalue weighted by atomic mass is 15.1. The number of aromatic nitrogens is 1. The lowest BCUT2D eigenvalue weighted by Gasteiger charge is -2.28. The van der Waals surface area contributed by atoms with E-state index in [1.807, 2.05) is 12.2 Å². The van der Waals surface area contributed by atoms with Gasteiger partial charge in [0.1, 0.15) is 0 Å². The van der Waals surface area contributed by atoms with Gasteiger partial charge in [-0.3, -0.25) is 0 Å². The molecule has 0 atom stereocenters. The molecule has 0 radical (unpaired) electrons. The molecule has 0 N–H and O–H groups in total. The Morgan fingerprint density at radius 3 is 1.83 bits per heavy atom. The smallest absolute Gasteiger partial charge is 0.0541 e. The van der Waals surface area contributed by atoms with Crippen molar-refractivity contribution in [3.8, 4) is 16.8 Å². The van der Waals surface area contributed by atoms with E-state index in [1.54, 1.807) is 6.08 Å². The number of para-hydroxylation sites is 2. The molecule has 0 amide bonds. The van der Waals surface area contributed by atoms with Crippen molar-refractivity contribution in [2.75, 3.05) is 4.90 Å². The van der Waals surface area contributed by atoms with Crippen LogP contribution in [0.1, 0.15) is 37.5 Å². The second-order valence-corrected chi connectivity index (χ2v) is 13.1. The fourth-order valence-corrected chi connectivity index (χ4v) is 7.48. The summed E-state index contributed by atoms with van der Waals surface area (Å²) in [5, 5.41) is 2.54. The zero-order valence-electron chi connectivity index (χ0n) is 27.7. The molecule has 1 aliphatic rings. The third-order valence-corrected chi connectivity index (χ3v) is 9.95. The first-order chi connectivity index (χ1) is 23.5. The fourth-order valence-electron chi connectivity index (χ4n) is 7.48. The quantitative estimate of drug-likeness (QED) is 0.161. The molecule has 0 fully saturated rings. The lowest BCUT2D eigenvalue weighted by atomic mass is 9.82. The van der Waals surface area contributed by atoms with Crippen LogP contribution in [0.3, 0.4) is 0 Å². The predicted molar refractivity (Wildman–Crippen MR) is 206 cm³/mol. The van der Waals surface area contributed by atoms with Crippen LogP contribution in [-0.2, 0) is 5.41 Å². The topological polar surface area (TPSA) is 8.17 Å². The van der Waals surface area contributed by atoms with Gasteiger partial charge in [-0.1, -0.05) is 124 Å². The van der Waals surface area contributed by atoms with Crippen LogP contribution in [0.25, 0.3) is 44.2 Å². The molecule has 2 heteroatoms. The highest BCUT2D eigenvalue weighted by Gasteiger charge is 2.35. The van der Waals surface area contributed by atoms with Crippen LogP contribution >= 0.6 is 0 Å². The lowest BCUT2D eigenvalue weighted by molar-refractivity contribution is 0.660. The number of hydrogen-bond acceptors (Lipinski definition) is 1. The molecule has 2 nitrogen and oxygen atoms in total. The van der Waals surface area contributed by atoms with E-state index >= 15 is 0 Å². The van der Waals surface area contributed by atoms with Crippen molar-refractivity contribution >= 4 is 44.4 Å². The van der Waals surface area contributed by atoms with E-state index in [-0.39, 0.29) is 5.41 Å². The first kappa shape index (κ1) is 29.5. The van der Waals surface area contributed by atoms with Crippen molar-refractivity contribution in [1.29, 1.82) is 0 Å². The number of hydrogen-bond donors (Lipinski definition) is 0. The van der Waals surface area contributed by atoms with Gasteiger partial charge in [-0.05, 0) is 101 Å². The molecule has 7 aromatic rings. The maximum absolute atomic E-state index is 3.78. The van der Waals surface area contributed by atoms with Crippen LogP contribution in [0.15, 0.2) is 170 Å². The van der Waals surface area contributed by atoms with Gasteiger partial charge in [-0.2, -0.15) is 0 Å². The van der Waals surface area contributed by atoms with Crippen molar-refractivity contribution in [1.82, 2.24) is 4.57 Å². The number of allylic oxidation sites excluding steroid dienone is 5. The highest BCUT2D eigenvalue weighted by Crippen LogP contribution is 2.50. The maximum Gasteiger partial charge on any atom is 0.0541 e. The van der Waals surface area contributed by atoms with Gasteiger partial charge in [0.15, 0.2) is 0 Å². The normalized spacial score (nSPS) is 13.6. The number of rotatable bonds is 7. The Labute approximate surface area is 283 Å². The molecule has 1 aromatic heterocycles. The van der Waals surface area contributed by atoms with Gasteiger partial charge in [-0.15, -0.1) is 0 Å². The van der Waals surface area contributed by atoms with Crippen LogP contribution in [-0.4, -0.2) is 4.57 Å². The van der Waals surface area contributed by atoms with E-state index < -0.39 is 0 Å². The van der Waals surface area contributed by atoms with Gasteiger partial charge in [0.25, 0.3) is 0 Å². The van der Waals surface area contributed by atoms with Gasteiger partial charge in [0.2, 0.25) is 0 Å². The molecule has 0 unspecified atom stereocenters. The molecular formula is C46H38N2. The summed E-state index contributed by atoms with van der Waals surface area (Å²) in [5.74, 6) is 0. The Morgan fingerprint density at radius 2 is 1.17 bits per heavy atom. The zero-order chi connectivity index (χ0) is 32.8. The van der Waals surface area contributed by atoms with Crippen molar-refractivity contribution in [3.05, 3.63) is 187 Å². The van der Waals surface area contributed by atoms with Crippen LogP contribution in [0.2, 0.25) is 0 Å². The molecule has 0 aliphatic heterocycles. The number of anilines is 3. The predicted octanol–water partition coefficient (Wildman–Crippen LogP) is 12.7. The summed E-state index contributed by atoms with van der Waals surface area (Å²) in [6, 6.07) is 51.1. The summed E-state index contributed by atoms with van der Waals surface area (Å²) < 4.78 is 2.37. The molecule has 48 heavy (non-hydrogen) atoms. The molecule has 0 spiro atoms. The molecular weight excluding hydrogens is 581 g/mol. The monoisotopic (exact) mass is 618 g/mol. The van der Waals surface area contributed by atoms with Gasteiger partial charge in [-0.25, -0.2) is 0 Å². The van der Waals surface area contributed by atoms with Crippen molar-refractivity contribution in [2.45, 2.75) is 26.2 Å². The van der Waals surface area contributed by atoms with Gasteiger partial charge in [0, 0.05) is 38.9 Å². The van der Waals surface area contributed by atoms with E-state index in [2.05, 4.69) is 182 Å². The largest absolute Gasteiger partial charge is 0.310 e. The molecule has 0 saturated heterocycles. The first-order valence-corrected chi connectivity index (χ1v) is 16.7. The van der Waals surface area contributed by atoms with E-state index in [1.165, 1.54) is 55.2 Å². The molecule has 232 valence electrons. The highest BCUT2D eigenvalue weighted by molar-refractivity contribution is 6.09. The molecule has 0 saturated carbocycles. The minimum atomic E-state index is -0.0846. The first-order valence-electron chi connectivity index (χ1n) is 16.7. The summed E-state index contributed by atoms with van der Waals surface area (Å²) in [7, 11) is 0. The Balaban J connectivity index is 1.25. The Hall–Kier alpha value is -5.86. The summed E-state index contributed by atoms with van der Waals surface area (Å²) in [5.41, 5.74) is 14.7.